The van der Waals surface area contributed by atoms with Crippen molar-refractivity contribution in [2.75, 3.05) is 9.80 Å². The Morgan fingerprint density at radius 3 is 1.40 bits per heavy atom. The lowest BCUT2D eigenvalue weighted by Crippen LogP contribution is -2.15. The van der Waals surface area contributed by atoms with Gasteiger partial charge in [0.2, 0.25) is 0 Å². The Morgan fingerprint density at radius 1 is 0.298 bits per heavy atom. The van der Waals surface area contributed by atoms with Gasteiger partial charge >= 0.3 is 0 Å². The maximum Gasteiger partial charge on any atom is 0.152 e. The van der Waals surface area contributed by atoms with Gasteiger partial charge in [-0.15, -0.1) is 0 Å². The largest absolute Gasteiger partial charge is 0.453 e. The van der Waals surface area contributed by atoms with Gasteiger partial charge in [-0.25, -0.2) is 0 Å². The molecular formula is C54H36N2O. The fraction of sp³-hybridized carbons (Fsp3) is 0. The fourth-order valence-corrected chi connectivity index (χ4v) is 8.51. The summed E-state index contributed by atoms with van der Waals surface area (Å²) < 4.78 is 6.55. The lowest BCUT2D eigenvalue weighted by molar-refractivity contribution is 0.477. The molecule has 11 rings (SSSR count). The third-order valence-electron chi connectivity index (χ3n) is 11.2. The van der Waals surface area contributed by atoms with Crippen LogP contribution in [0.15, 0.2) is 218 Å². The maximum atomic E-state index is 6.55. The quantitative estimate of drug-likeness (QED) is 0.159. The van der Waals surface area contributed by atoms with Crippen LogP contribution >= 0.6 is 0 Å². The van der Waals surface area contributed by atoms with E-state index in [1.54, 1.807) is 0 Å². The standard InChI is InChI=1S/C54H36N2O/c1-3-13-37(14-4-1)38-23-28-42(29-24-38)55(44-32-33-49-47-19-8-7-17-45(47)46-18-9-10-20-48(46)50(49)36-44)43-30-25-39(26-31-43)40-27-34-52-54(35-40)57-53-22-12-11-21-51(53)56(52)41-15-5-2-6-16-41/h1-36H. The molecule has 0 saturated heterocycles. The molecule has 3 nitrogen and oxygen atoms in total. The number of benzene rings is 10. The van der Waals surface area contributed by atoms with Crippen molar-refractivity contribution in [3.05, 3.63) is 218 Å². The van der Waals surface area contributed by atoms with Crippen LogP contribution in [0, 0.1) is 0 Å². The third-order valence-corrected chi connectivity index (χ3v) is 11.2. The van der Waals surface area contributed by atoms with E-state index in [0.717, 1.165) is 56.8 Å². The molecular weight excluding hydrogens is 693 g/mol. The van der Waals surface area contributed by atoms with Crippen LogP contribution in [0.2, 0.25) is 0 Å². The van der Waals surface area contributed by atoms with Crippen molar-refractivity contribution in [1.82, 2.24) is 0 Å². The summed E-state index contributed by atoms with van der Waals surface area (Å²) in [6.07, 6.45) is 0. The van der Waals surface area contributed by atoms with Crippen LogP contribution in [0.3, 0.4) is 0 Å². The maximum absolute atomic E-state index is 6.55. The van der Waals surface area contributed by atoms with Crippen molar-refractivity contribution in [2.45, 2.75) is 0 Å². The van der Waals surface area contributed by atoms with Crippen LogP contribution in [-0.4, -0.2) is 0 Å². The van der Waals surface area contributed by atoms with E-state index in [1.165, 1.54) is 43.4 Å². The number of para-hydroxylation sites is 3. The Morgan fingerprint density at radius 2 is 0.754 bits per heavy atom. The van der Waals surface area contributed by atoms with Crippen molar-refractivity contribution in [3.63, 3.8) is 0 Å². The molecule has 1 heterocycles. The molecule has 57 heavy (non-hydrogen) atoms. The molecule has 0 amide bonds. The molecule has 268 valence electrons. The summed E-state index contributed by atoms with van der Waals surface area (Å²) in [5, 5.41) is 7.57. The second-order valence-electron chi connectivity index (χ2n) is 14.5. The van der Waals surface area contributed by atoms with Gasteiger partial charge < -0.3 is 14.5 Å². The Hall–Kier alpha value is -7.62. The van der Waals surface area contributed by atoms with Crippen molar-refractivity contribution in [2.24, 2.45) is 0 Å². The summed E-state index contributed by atoms with van der Waals surface area (Å²) in [5.74, 6) is 1.67. The summed E-state index contributed by atoms with van der Waals surface area (Å²) in [6, 6.07) is 78.1. The lowest BCUT2D eigenvalue weighted by atomic mass is 9.94. The molecule has 0 aliphatic carbocycles. The van der Waals surface area contributed by atoms with E-state index in [4.69, 9.17) is 4.74 Å². The van der Waals surface area contributed by atoms with Crippen LogP contribution in [-0.2, 0) is 0 Å². The topological polar surface area (TPSA) is 15.7 Å². The van der Waals surface area contributed by atoms with Crippen molar-refractivity contribution < 1.29 is 4.74 Å². The lowest BCUT2D eigenvalue weighted by Gasteiger charge is -2.33. The molecule has 10 aromatic carbocycles. The Kier molecular flexibility index (Phi) is 7.82. The monoisotopic (exact) mass is 728 g/mol. The Balaban J connectivity index is 1.02. The highest BCUT2D eigenvalue weighted by Gasteiger charge is 2.26. The van der Waals surface area contributed by atoms with Crippen molar-refractivity contribution in [1.29, 1.82) is 0 Å². The number of ether oxygens (including phenoxy) is 1. The molecule has 0 atom stereocenters. The fourth-order valence-electron chi connectivity index (χ4n) is 8.51. The highest BCUT2D eigenvalue weighted by Crippen LogP contribution is 2.51. The third kappa shape index (κ3) is 5.68. The minimum atomic E-state index is 0.829. The predicted molar refractivity (Wildman–Crippen MR) is 239 cm³/mol. The molecule has 0 fully saturated rings. The van der Waals surface area contributed by atoms with Gasteiger partial charge in [0.1, 0.15) is 0 Å². The zero-order chi connectivity index (χ0) is 37.7. The van der Waals surface area contributed by atoms with Crippen molar-refractivity contribution >= 4 is 66.4 Å². The van der Waals surface area contributed by atoms with E-state index in [2.05, 4.69) is 210 Å². The normalized spacial score (nSPS) is 12.0. The van der Waals surface area contributed by atoms with Crippen LogP contribution in [0.4, 0.5) is 34.1 Å². The first-order valence-corrected chi connectivity index (χ1v) is 19.4. The van der Waals surface area contributed by atoms with Gasteiger partial charge in [-0.2, -0.15) is 0 Å². The number of nitrogens with zero attached hydrogens (tertiary/aromatic N) is 2. The van der Waals surface area contributed by atoms with Crippen LogP contribution in [0.25, 0.3) is 54.6 Å². The second kappa shape index (κ2) is 13.6. The number of hydrogen-bond donors (Lipinski definition) is 0. The number of fused-ring (bicyclic) bond motifs is 8. The average molecular weight is 729 g/mol. The molecule has 1 aliphatic rings. The summed E-state index contributed by atoms with van der Waals surface area (Å²) >= 11 is 0. The van der Waals surface area contributed by atoms with Crippen LogP contribution in [0.1, 0.15) is 0 Å². The minimum absolute atomic E-state index is 0.829. The van der Waals surface area contributed by atoms with E-state index in [9.17, 15) is 0 Å². The molecule has 0 unspecified atom stereocenters. The van der Waals surface area contributed by atoms with E-state index < -0.39 is 0 Å². The summed E-state index contributed by atoms with van der Waals surface area (Å²) in [4.78, 5) is 4.64. The average Bonchev–Trinajstić information content (AvgIpc) is 3.29. The smallest absolute Gasteiger partial charge is 0.152 e. The molecule has 10 aromatic rings. The molecule has 0 radical (unpaired) electrons. The molecule has 0 saturated carbocycles. The van der Waals surface area contributed by atoms with Crippen LogP contribution in [0.5, 0.6) is 11.5 Å². The van der Waals surface area contributed by atoms with Gasteiger partial charge in [0, 0.05) is 22.7 Å². The van der Waals surface area contributed by atoms with Gasteiger partial charge in [-0.1, -0.05) is 146 Å². The molecule has 0 aromatic heterocycles. The zero-order valence-electron chi connectivity index (χ0n) is 31.1. The Bertz CT molecular complexity index is 3050. The second-order valence-corrected chi connectivity index (χ2v) is 14.5. The first-order chi connectivity index (χ1) is 28.3. The first kappa shape index (κ1) is 32.8. The number of anilines is 6. The zero-order valence-corrected chi connectivity index (χ0v) is 31.1. The SMILES string of the molecule is c1ccc(-c2ccc(N(c3ccc(-c4ccc5c(c4)Oc4ccccc4N5c4ccccc4)cc3)c3ccc4c5ccccc5c5ccccc5c4c3)cc2)cc1. The molecule has 0 N–H and O–H groups in total. The van der Waals surface area contributed by atoms with Gasteiger partial charge in [0.25, 0.3) is 0 Å². The molecule has 0 spiro atoms. The van der Waals surface area contributed by atoms with Crippen molar-refractivity contribution in [3.8, 4) is 33.8 Å². The molecule has 1 aliphatic heterocycles. The summed E-state index contributed by atoms with van der Waals surface area (Å²) in [5.41, 5.74) is 11.0. The minimum Gasteiger partial charge on any atom is -0.453 e. The first-order valence-electron chi connectivity index (χ1n) is 19.4. The van der Waals surface area contributed by atoms with Gasteiger partial charge in [-0.05, 0) is 127 Å². The molecule has 0 bridgehead atoms. The van der Waals surface area contributed by atoms with E-state index in [1.807, 2.05) is 18.2 Å². The predicted octanol–water partition coefficient (Wildman–Crippen LogP) is 15.5. The highest BCUT2D eigenvalue weighted by atomic mass is 16.5. The van der Waals surface area contributed by atoms with E-state index in [0.29, 0.717) is 0 Å². The van der Waals surface area contributed by atoms with Crippen LogP contribution < -0.4 is 14.5 Å². The van der Waals surface area contributed by atoms with Gasteiger partial charge in [-0.3, -0.25) is 0 Å². The van der Waals surface area contributed by atoms with Gasteiger partial charge in [0.15, 0.2) is 11.5 Å². The van der Waals surface area contributed by atoms with E-state index in [-0.39, 0.29) is 0 Å². The molecule has 3 heteroatoms. The van der Waals surface area contributed by atoms with Gasteiger partial charge in [0.05, 0.1) is 11.4 Å². The van der Waals surface area contributed by atoms with E-state index >= 15 is 0 Å². The number of rotatable bonds is 6. The summed E-state index contributed by atoms with van der Waals surface area (Å²) in [7, 11) is 0. The number of hydrogen-bond acceptors (Lipinski definition) is 3. The Labute approximate surface area is 331 Å². The highest BCUT2D eigenvalue weighted by molar-refractivity contribution is 6.25. The summed E-state index contributed by atoms with van der Waals surface area (Å²) in [6.45, 7) is 0.